The lowest BCUT2D eigenvalue weighted by molar-refractivity contribution is 0.171. The quantitative estimate of drug-likeness (QED) is 0.681. The lowest BCUT2D eigenvalue weighted by Crippen LogP contribution is -2.15. The zero-order valence-electron chi connectivity index (χ0n) is 10.00. The maximum Gasteiger partial charge on any atom is 0.161 e. The van der Waals surface area contributed by atoms with E-state index in [0.717, 1.165) is 32.8 Å². The van der Waals surface area contributed by atoms with Gasteiger partial charge in [0.2, 0.25) is 0 Å². The fraction of sp³-hybridized carbons (Fsp3) is 0.143. The van der Waals surface area contributed by atoms with Crippen LogP contribution in [0.5, 0.6) is 11.5 Å². The highest BCUT2D eigenvalue weighted by atomic mass is 32.1. The Hall–Kier alpha value is -2.14. The summed E-state index contributed by atoms with van der Waals surface area (Å²) in [6.45, 7) is 1.21. The second-order valence-corrected chi connectivity index (χ2v) is 5.11. The van der Waals surface area contributed by atoms with Crippen molar-refractivity contribution in [3.63, 3.8) is 0 Å². The van der Waals surface area contributed by atoms with Crippen LogP contribution in [-0.2, 0) is 0 Å². The van der Waals surface area contributed by atoms with Gasteiger partial charge >= 0.3 is 0 Å². The van der Waals surface area contributed by atoms with Crippen LogP contribution in [0.15, 0.2) is 36.1 Å². The van der Waals surface area contributed by atoms with Crippen LogP contribution in [0.2, 0.25) is 0 Å². The summed E-state index contributed by atoms with van der Waals surface area (Å²) in [5.74, 6) is 1.62. The highest BCUT2D eigenvalue weighted by Crippen LogP contribution is 2.38. The summed E-state index contributed by atoms with van der Waals surface area (Å²) in [4.78, 5) is 9.36. The molecule has 0 saturated carbocycles. The van der Waals surface area contributed by atoms with Crippen molar-refractivity contribution in [1.82, 2.24) is 9.97 Å². The lowest BCUT2D eigenvalue weighted by Gasteiger charge is -2.18. The van der Waals surface area contributed by atoms with Gasteiger partial charge in [0, 0.05) is 22.5 Å². The molecule has 4 nitrogen and oxygen atoms in total. The van der Waals surface area contributed by atoms with Gasteiger partial charge in [-0.2, -0.15) is 0 Å². The van der Waals surface area contributed by atoms with Gasteiger partial charge in [-0.1, -0.05) is 6.07 Å². The molecule has 5 heteroatoms. The second kappa shape index (κ2) is 4.20. The van der Waals surface area contributed by atoms with Gasteiger partial charge < -0.3 is 9.47 Å². The first-order valence-electron chi connectivity index (χ1n) is 5.99. The van der Waals surface area contributed by atoms with Crippen molar-refractivity contribution < 1.29 is 9.47 Å². The molecule has 1 aliphatic rings. The number of fused-ring (bicyclic) bond motifs is 2. The van der Waals surface area contributed by atoms with Crippen LogP contribution >= 0.6 is 11.3 Å². The molecule has 0 atom stereocenters. The summed E-state index contributed by atoms with van der Waals surface area (Å²) in [5.41, 5.74) is 2.24. The molecule has 0 aliphatic carbocycles. The Morgan fingerprint density at radius 2 is 2.00 bits per heavy atom. The third kappa shape index (κ3) is 1.74. The van der Waals surface area contributed by atoms with E-state index in [0.29, 0.717) is 13.2 Å². The van der Waals surface area contributed by atoms with Crippen LogP contribution in [0.4, 0.5) is 0 Å². The van der Waals surface area contributed by atoms with Gasteiger partial charge in [-0.05, 0) is 17.7 Å². The highest BCUT2D eigenvalue weighted by molar-refractivity contribution is 7.17. The van der Waals surface area contributed by atoms with E-state index in [1.807, 2.05) is 24.4 Å². The van der Waals surface area contributed by atoms with Gasteiger partial charge in [-0.25, -0.2) is 9.97 Å². The normalized spacial score (nSPS) is 13.7. The monoisotopic (exact) mass is 270 g/mol. The van der Waals surface area contributed by atoms with Gasteiger partial charge in [0.05, 0.1) is 0 Å². The Balaban J connectivity index is 1.88. The van der Waals surface area contributed by atoms with E-state index in [4.69, 9.17) is 9.47 Å². The molecule has 2 aromatic heterocycles. The Morgan fingerprint density at radius 1 is 1.11 bits per heavy atom. The molecular weight excluding hydrogens is 260 g/mol. The minimum atomic E-state index is 0.601. The molecule has 0 N–H and O–H groups in total. The zero-order chi connectivity index (χ0) is 12.7. The van der Waals surface area contributed by atoms with Crippen LogP contribution in [0, 0.1) is 0 Å². The van der Waals surface area contributed by atoms with E-state index in [2.05, 4.69) is 15.3 Å². The molecule has 0 radical (unpaired) electrons. The molecule has 3 aromatic rings. The molecule has 0 fully saturated rings. The standard InChI is InChI=1S/C14H10N2O2S/c1-2-12-13(18-4-3-17-12)5-9(1)11-7-19-14-10(11)6-15-8-16-14/h1-2,5-8H,3-4H2. The van der Waals surface area contributed by atoms with Gasteiger partial charge in [-0.15, -0.1) is 11.3 Å². The molecule has 19 heavy (non-hydrogen) atoms. The number of hydrogen-bond acceptors (Lipinski definition) is 5. The zero-order valence-corrected chi connectivity index (χ0v) is 10.8. The number of thiophene rings is 1. The van der Waals surface area contributed by atoms with Crippen molar-refractivity contribution in [1.29, 1.82) is 0 Å². The second-order valence-electron chi connectivity index (χ2n) is 4.25. The van der Waals surface area contributed by atoms with Crippen LogP contribution < -0.4 is 9.47 Å². The third-order valence-corrected chi connectivity index (χ3v) is 4.01. The summed E-state index contributed by atoms with van der Waals surface area (Å²) in [6, 6.07) is 6.02. The molecule has 94 valence electrons. The molecule has 0 bridgehead atoms. The van der Waals surface area contributed by atoms with Crippen LogP contribution in [0.3, 0.4) is 0 Å². The van der Waals surface area contributed by atoms with Gasteiger partial charge in [0.25, 0.3) is 0 Å². The topological polar surface area (TPSA) is 44.2 Å². The number of nitrogens with zero attached hydrogens (tertiary/aromatic N) is 2. The van der Waals surface area contributed by atoms with Crippen LogP contribution in [0.1, 0.15) is 0 Å². The summed E-state index contributed by atoms with van der Waals surface area (Å²) < 4.78 is 11.2. The number of benzene rings is 1. The molecule has 3 heterocycles. The Labute approximate surface area is 113 Å². The van der Waals surface area contributed by atoms with E-state index in [9.17, 15) is 0 Å². The Bertz CT molecular complexity index is 754. The summed E-state index contributed by atoms with van der Waals surface area (Å²) >= 11 is 1.62. The van der Waals surface area contributed by atoms with E-state index >= 15 is 0 Å². The molecule has 4 rings (SSSR count). The minimum absolute atomic E-state index is 0.601. The van der Waals surface area contributed by atoms with E-state index in [1.165, 1.54) is 0 Å². The van der Waals surface area contributed by atoms with Crippen molar-refractivity contribution in [2.45, 2.75) is 0 Å². The van der Waals surface area contributed by atoms with E-state index < -0.39 is 0 Å². The van der Waals surface area contributed by atoms with Crippen LogP contribution in [0.25, 0.3) is 21.3 Å². The molecule has 0 saturated heterocycles. The molecule has 0 unspecified atom stereocenters. The first-order chi connectivity index (χ1) is 9.42. The SMILES string of the molecule is c1ncc2c(-c3ccc4c(c3)OCCO4)csc2n1. The fourth-order valence-corrected chi connectivity index (χ4v) is 3.10. The number of rotatable bonds is 1. The van der Waals surface area contributed by atoms with E-state index in [-0.39, 0.29) is 0 Å². The van der Waals surface area contributed by atoms with Gasteiger partial charge in [0.15, 0.2) is 11.5 Å². The molecular formula is C14H10N2O2S. The number of ether oxygens (including phenoxy) is 2. The highest BCUT2D eigenvalue weighted by Gasteiger charge is 2.14. The Kier molecular flexibility index (Phi) is 2.38. The predicted octanol–water partition coefficient (Wildman–Crippen LogP) is 3.13. The van der Waals surface area contributed by atoms with Crippen LogP contribution in [-0.4, -0.2) is 23.2 Å². The molecule has 0 amide bonds. The van der Waals surface area contributed by atoms with Gasteiger partial charge in [0.1, 0.15) is 24.4 Å². The first kappa shape index (κ1) is 10.8. The van der Waals surface area contributed by atoms with Crippen molar-refractivity contribution >= 4 is 21.6 Å². The largest absolute Gasteiger partial charge is 0.486 e. The maximum absolute atomic E-state index is 5.62. The van der Waals surface area contributed by atoms with Crippen molar-refractivity contribution in [2.24, 2.45) is 0 Å². The van der Waals surface area contributed by atoms with E-state index in [1.54, 1.807) is 17.7 Å². The predicted molar refractivity (Wildman–Crippen MR) is 73.8 cm³/mol. The van der Waals surface area contributed by atoms with Crippen molar-refractivity contribution in [3.05, 3.63) is 36.1 Å². The summed E-state index contributed by atoms with van der Waals surface area (Å²) in [7, 11) is 0. The number of aromatic nitrogens is 2. The van der Waals surface area contributed by atoms with Gasteiger partial charge in [-0.3, -0.25) is 0 Å². The lowest BCUT2D eigenvalue weighted by atomic mass is 10.1. The van der Waals surface area contributed by atoms with Crippen molar-refractivity contribution in [3.8, 4) is 22.6 Å². The summed E-state index contributed by atoms with van der Waals surface area (Å²) in [5, 5.41) is 3.18. The third-order valence-electron chi connectivity index (χ3n) is 3.11. The first-order valence-corrected chi connectivity index (χ1v) is 6.87. The summed E-state index contributed by atoms with van der Waals surface area (Å²) in [6.07, 6.45) is 3.43. The fourth-order valence-electron chi connectivity index (χ4n) is 2.21. The maximum atomic E-state index is 5.62. The number of hydrogen-bond donors (Lipinski definition) is 0. The average molecular weight is 270 g/mol. The molecule has 1 aromatic carbocycles. The molecule has 0 spiro atoms. The molecule has 1 aliphatic heterocycles. The average Bonchev–Trinajstić information content (AvgIpc) is 2.91. The minimum Gasteiger partial charge on any atom is -0.486 e. The smallest absolute Gasteiger partial charge is 0.161 e. The Morgan fingerprint density at radius 3 is 2.95 bits per heavy atom. The van der Waals surface area contributed by atoms with Crippen molar-refractivity contribution in [2.75, 3.05) is 13.2 Å².